The van der Waals surface area contributed by atoms with Gasteiger partial charge in [-0.15, -0.1) is 0 Å². The normalized spacial score (nSPS) is 11.0. The van der Waals surface area contributed by atoms with E-state index in [0.29, 0.717) is 18.0 Å². The smallest absolute Gasteiger partial charge is 0.266 e. The minimum absolute atomic E-state index is 0.0343. The van der Waals surface area contributed by atoms with Crippen molar-refractivity contribution in [1.29, 1.82) is 5.26 Å². The van der Waals surface area contributed by atoms with Gasteiger partial charge in [-0.25, -0.2) is 0 Å². The number of hydrogen-bond donors (Lipinski definition) is 1. The van der Waals surface area contributed by atoms with Gasteiger partial charge in [0, 0.05) is 29.3 Å². The molecule has 1 N–H and O–H groups in total. The van der Waals surface area contributed by atoms with Crippen molar-refractivity contribution in [2.24, 2.45) is 0 Å². The van der Waals surface area contributed by atoms with Gasteiger partial charge in [0.15, 0.2) is 0 Å². The van der Waals surface area contributed by atoms with Gasteiger partial charge in [0.1, 0.15) is 17.4 Å². The maximum atomic E-state index is 12.5. The summed E-state index contributed by atoms with van der Waals surface area (Å²) in [5.41, 5.74) is 3.44. The molecular formula is C23H21N3O2. The van der Waals surface area contributed by atoms with Gasteiger partial charge in [0.2, 0.25) is 0 Å². The van der Waals surface area contributed by atoms with Crippen molar-refractivity contribution in [1.82, 2.24) is 4.57 Å². The van der Waals surface area contributed by atoms with Gasteiger partial charge in [-0.2, -0.15) is 5.26 Å². The number of benzene rings is 2. The molecule has 3 rings (SSSR count). The summed E-state index contributed by atoms with van der Waals surface area (Å²) >= 11 is 0. The van der Waals surface area contributed by atoms with Gasteiger partial charge in [-0.3, -0.25) is 4.79 Å². The summed E-state index contributed by atoms with van der Waals surface area (Å²) in [5, 5.41) is 12.2. The van der Waals surface area contributed by atoms with E-state index in [1.165, 1.54) is 0 Å². The van der Waals surface area contributed by atoms with Crippen molar-refractivity contribution >= 4 is 17.7 Å². The van der Waals surface area contributed by atoms with E-state index in [0.717, 1.165) is 16.9 Å². The molecule has 0 aliphatic heterocycles. The third-order valence-electron chi connectivity index (χ3n) is 4.15. The van der Waals surface area contributed by atoms with Crippen LogP contribution >= 0.6 is 0 Å². The minimum Gasteiger partial charge on any atom is -0.494 e. The lowest BCUT2D eigenvalue weighted by Crippen LogP contribution is -2.13. The molecule has 28 heavy (non-hydrogen) atoms. The molecular weight excluding hydrogens is 350 g/mol. The van der Waals surface area contributed by atoms with Gasteiger partial charge in [-0.1, -0.05) is 24.3 Å². The Morgan fingerprint density at radius 3 is 2.68 bits per heavy atom. The molecule has 0 aliphatic carbocycles. The molecule has 0 unspecified atom stereocenters. The first-order valence-corrected chi connectivity index (χ1v) is 9.01. The molecule has 3 aromatic rings. The summed E-state index contributed by atoms with van der Waals surface area (Å²) in [5.74, 6) is 0.208. The molecule has 0 radical (unpaired) electrons. The van der Waals surface area contributed by atoms with Crippen LogP contribution in [0.1, 0.15) is 18.2 Å². The third-order valence-corrected chi connectivity index (χ3v) is 4.15. The van der Waals surface area contributed by atoms with Crippen molar-refractivity contribution in [2.75, 3.05) is 11.9 Å². The molecule has 1 heterocycles. The number of para-hydroxylation sites is 1. The highest BCUT2D eigenvalue weighted by molar-refractivity contribution is 6.09. The summed E-state index contributed by atoms with van der Waals surface area (Å²) in [4.78, 5) is 12.5. The fourth-order valence-electron chi connectivity index (χ4n) is 2.89. The highest BCUT2D eigenvalue weighted by Gasteiger charge is 2.11. The SMILES string of the molecule is CCOc1cccc(NC(=O)/C(C#N)=C/c2cc(C)n(-c3ccccc3)c2)c1. The Kier molecular flexibility index (Phi) is 5.93. The maximum Gasteiger partial charge on any atom is 0.266 e. The maximum absolute atomic E-state index is 12.5. The van der Waals surface area contributed by atoms with Gasteiger partial charge < -0.3 is 14.6 Å². The van der Waals surface area contributed by atoms with Crippen LogP contribution in [-0.4, -0.2) is 17.1 Å². The highest BCUT2D eigenvalue weighted by atomic mass is 16.5. The second-order valence-corrected chi connectivity index (χ2v) is 6.21. The van der Waals surface area contributed by atoms with Crippen molar-refractivity contribution in [3.05, 3.63) is 83.7 Å². The Hall–Kier alpha value is -3.78. The Morgan fingerprint density at radius 1 is 1.18 bits per heavy atom. The van der Waals surface area contributed by atoms with Crippen LogP contribution in [0.15, 0.2) is 72.4 Å². The second kappa shape index (κ2) is 8.74. The van der Waals surface area contributed by atoms with Crippen LogP contribution in [0.2, 0.25) is 0 Å². The Labute approximate surface area is 164 Å². The van der Waals surface area contributed by atoms with Crippen molar-refractivity contribution in [3.8, 4) is 17.5 Å². The number of rotatable bonds is 6. The van der Waals surface area contributed by atoms with E-state index in [-0.39, 0.29) is 5.57 Å². The number of anilines is 1. The van der Waals surface area contributed by atoms with Crippen LogP contribution in [-0.2, 0) is 4.79 Å². The Balaban J connectivity index is 1.81. The van der Waals surface area contributed by atoms with Gasteiger partial charge in [0.05, 0.1) is 6.61 Å². The van der Waals surface area contributed by atoms with E-state index in [1.54, 1.807) is 24.3 Å². The Morgan fingerprint density at radius 2 is 1.96 bits per heavy atom. The predicted molar refractivity (Wildman–Crippen MR) is 110 cm³/mol. The molecule has 5 heteroatoms. The summed E-state index contributed by atoms with van der Waals surface area (Å²) < 4.78 is 7.45. The topological polar surface area (TPSA) is 67.0 Å². The quantitative estimate of drug-likeness (QED) is 0.503. The second-order valence-electron chi connectivity index (χ2n) is 6.21. The first-order valence-electron chi connectivity index (χ1n) is 9.01. The number of aromatic nitrogens is 1. The first-order chi connectivity index (χ1) is 13.6. The molecule has 140 valence electrons. The molecule has 0 bridgehead atoms. The van der Waals surface area contributed by atoms with E-state index in [1.807, 2.05) is 73.1 Å². The number of nitrogens with zero attached hydrogens (tertiary/aromatic N) is 2. The van der Waals surface area contributed by atoms with E-state index in [9.17, 15) is 10.1 Å². The zero-order chi connectivity index (χ0) is 19.9. The lowest BCUT2D eigenvalue weighted by atomic mass is 10.2. The van der Waals surface area contributed by atoms with E-state index in [2.05, 4.69) is 5.32 Å². The number of nitriles is 1. The van der Waals surface area contributed by atoms with Gasteiger partial charge >= 0.3 is 0 Å². The fourth-order valence-corrected chi connectivity index (χ4v) is 2.89. The number of amides is 1. The van der Waals surface area contributed by atoms with Gasteiger partial charge in [-0.05, 0) is 55.8 Å². The Bertz CT molecular complexity index is 1040. The van der Waals surface area contributed by atoms with Crippen LogP contribution < -0.4 is 10.1 Å². The molecule has 0 fully saturated rings. The molecule has 0 atom stereocenters. The number of carbonyl (C=O) groups is 1. The highest BCUT2D eigenvalue weighted by Crippen LogP contribution is 2.20. The van der Waals surface area contributed by atoms with Crippen LogP contribution in [0.25, 0.3) is 11.8 Å². The lowest BCUT2D eigenvalue weighted by Gasteiger charge is -2.07. The van der Waals surface area contributed by atoms with E-state index >= 15 is 0 Å². The number of hydrogen-bond acceptors (Lipinski definition) is 3. The van der Waals surface area contributed by atoms with E-state index < -0.39 is 5.91 Å². The average Bonchev–Trinajstić information content (AvgIpc) is 3.07. The monoisotopic (exact) mass is 371 g/mol. The zero-order valence-electron chi connectivity index (χ0n) is 15.8. The number of ether oxygens (including phenoxy) is 1. The molecule has 5 nitrogen and oxygen atoms in total. The molecule has 0 saturated carbocycles. The van der Waals surface area contributed by atoms with Gasteiger partial charge in [0.25, 0.3) is 5.91 Å². The number of nitrogens with one attached hydrogen (secondary N) is 1. The molecule has 1 aromatic heterocycles. The fraction of sp³-hybridized carbons (Fsp3) is 0.130. The average molecular weight is 371 g/mol. The summed E-state index contributed by atoms with van der Waals surface area (Å²) in [7, 11) is 0. The summed E-state index contributed by atoms with van der Waals surface area (Å²) in [6.45, 7) is 4.42. The largest absolute Gasteiger partial charge is 0.494 e. The summed E-state index contributed by atoms with van der Waals surface area (Å²) in [6, 6.07) is 20.9. The number of aryl methyl sites for hydroxylation is 1. The predicted octanol–water partition coefficient (Wildman–Crippen LogP) is 4.73. The van der Waals surface area contributed by atoms with Crippen LogP contribution in [0.5, 0.6) is 5.75 Å². The molecule has 0 saturated heterocycles. The molecule has 2 aromatic carbocycles. The van der Waals surface area contributed by atoms with Crippen LogP contribution in [0.4, 0.5) is 5.69 Å². The van der Waals surface area contributed by atoms with Crippen molar-refractivity contribution in [3.63, 3.8) is 0 Å². The van der Waals surface area contributed by atoms with Crippen molar-refractivity contribution in [2.45, 2.75) is 13.8 Å². The lowest BCUT2D eigenvalue weighted by molar-refractivity contribution is -0.112. The summed E-state index contributed by atoms with van der Waals surface area (Å²) in [6.07, 6.45) is 3.50. The standard InChI is InChI=1S/C23H21N3O2/c1-3-28-22-11-7-8-20(14-22)25-23(27)19(15-24)13-18-12-17(2)26(16-18)21-9-5-4-6-10-21/h4-14,16H,3H2,1-2H3,(H,25,27)/b19-13+. The minimum atomic E-state index is -0.457. The molecule has 0 aliphatic rings. The van der Waals surface area contributed by atoms with Crippen LogP contribution in [0, 0.1) is 18.3 Å². The van der Waals surface area contributed by atoms with E-state index in [4.69, 9.17) is 4.74 Å². The first kappa shape index (κ1) is 19.0. The van der Waals surface area contributed by atoms with Crippen LogP contribution in [0.3, 0.4) is 0 Å². The number of carbonyl (C=O) groups excluding carboxylic acids is 1. The molecule has 0 spiro atoms. The zero-order valence-corrected chi connectivity index (χ0v) is 15.8. The molecule has 1 amide bonds. The van der Waals surface area contributed by atoms with Crippen molar-refractivity contribution < 1.29 is 9.53 Å². The third kappa shape index (κ3) is 4.49.